The Balaban J connectivity index is 1.35. The van der Waals surface area contributed by atoms with E-state index in [-0.39, 0.29) is 5.92 Å². The molecule has 1 aromatic heterocycles. The molecular weight excluding hydrogens is 314 g/mol. The quantitative estimate of drug-likeness (QED) is 0.820. The number of likely N-dealkylation sites (tertiary alicyclic amines) is 1. The van der Waals surface area contributed by atoms with Crippen LogP contribution >= 0.6 is 0 Å². The van der Waals surface area contributed by atoms with Crippen molar-refractivity contribution in [3.05, 3.63) is 54.0 Å². The molecule has 0 bridgehead atoms. The van der Waals surface area contributed by atoms with Gasteiger partial charge >= 0.3 is 0 Å². The van der Waals surface area contributed by atoms with E-state index in [1.54, 1.807) is 6.26 Å². The summed E-state index contributed by atoms with van der Waals surface area (Å²) < 4.78 is 11.2. The highest BCUT2D eigenvalue weighted by Crippen LogP contribution is 2.49. The lowest BCUT2D eigenvalue weighted by Gasteiger charge is -2.33. The average molecular weight is 339 g/mol. The Labute approximate surface area is 148 Å². The SMILES string of the molecule is CCOc1ccccc1C1CCN(C(=O)[C@@H]2C[C@@H]2c2ccco2)CC1. The summed E-state index contributed by atoms with van der Waals surface area (Å²) in [6.07, 6.45) is 4.64. The van der Waals surface area contributed by atoms with E-state index in [0.717, 1.165) is 43.9 Å². The summed E-state index contributed by atoms with van der Waals surface area (Å²) in [6.45, 7) is 4.38. The number of rotatable bonds is 5. The van der Waals surface area contributed by atoms with Crippen molar-refractivity contribution in [2.24, 2.45) is 5.92 Å². The first-order valence-corrected chi connectivity index (χ1v) is 9.31. The first-order chi connectivity index (χ1) is 12.3. The molecule has 2 aliphatic rings. The van der Waals surface area contributed by atoms with E-state index < -0.39 is 0 Å². The van der Waals surface area contributed by atoms with Gasteiger partial charge in [-0.15, -0.1) is 0 Å². The van der Waals surface area contributed by atoms with Gasteiger partial charge < -0.3 is 14.1 Å². The molecule has 4 rings (SSSR count). The molecule has 0 unspecified atom stereocenters. The summed E-state index contributed by atoms with van der Waals surface area (Å²) >= 11 is 0. The van der Waals surface area contributed by atoms with Gasteiger partial charge in [0.05, 0.1) is 12.9 Å². The highest BCUT2D eigenvalue weighted by atomic mass is 16.5. The maximum Gasteiger partial charge on any atom is 0.226 e. The Morgan fingerprint density at radius 1 is 1.20 bits per heavy atom. The largest absolute Gasteiger partial charge is 0.494 e. The van der Waals surface area contributed by atoms with Crippen molar-refractivity contribution in [1.82, 2.24) is 4.90 Å². The second-order valence-corrected chi connectivity index (χ2v) is 7.03. The number of nitrogens with zero attached hydrogens (tertiary/aromatic N) is 1. The Morgan fingerprint density at radius 2 is 2.00 bits per heavy atom. The molecule has 1 aromatic carbocycles. The van der Waals surface area contributed by atoms with Gasteiger partial charge in [-0.05, 0) is 55.9 Å². The van der Waals surface area contributed by atoms with Gasteiger partial charge in [0.25, 0.3) is 0 Å². The van der Waals surface area contributed by atoms with Crippen molar-refractivity contribution in [2.75, 3.05) is 19.7 Å². The molecule has 0 radical (unpaired) electrons. The Hall–Kier alpha value is -2.23. The van der Waals surface area contributed by atoms with Crippen LogP contribution in [-0.4, -0.2) is 30.5 Å². The van der Waals surface area contributed by atoms with E-state index >= 15 is 0 Å². The van der Waals surface area contributed by atoms with Crippen LogP contribution in [0.5, 0.6) is 5.75 Å². The highest BCUT2D eigenvalue weighted by molar-refractivity contribution is 5.83. The second kappa shape index (κ2) is 6.95. The third kappa shape index (κ3) is 3.30. The molecular formula is C21H25NO3. The molecule has 0 N–H and O–H groups in total. The van der Waals surface area contributed by atoms with Crippen molar-refractivity contribution in [2.45, 2.75) is 38.0 Å². The number of benzene rings is 1. The first kappa shape index (κ1) is 16.2. The minimum Gasteiger partial charge on any atom is -0.494 e. The Morgan fingerprint density at radius 3 is 2.72 bits per heavy atom. The second-order valence-electron chi connectivity index (χ2n) is 7.03. The van der Waals surface area contributed by atoms with E-state index in [1.807, 2.05) is 30.0 Å². The molecule has 1 saturated heterocycles. The van der Waals surface area contributed by atoms with Crippen LogP contribution in [0.1, 0.15) is 49.3 Å². The van der Waals surface area contributed by atoms with Crippen LogP contribution in [0.25, 0.3) is 0 Å². The van der Waals surface area contributed by atoms with Crippen LogP contribution in [0, 0.1) is 5.92 Å². The molecule has 4 heteroatoms. The number of hydrogen-bond donors (Lipinski definition) is 0. The maximum absolute atomic E-state index is 12.7. The Bertz CT molecular complexity index is 717. The third-order valence-electron chi connectivity index (χ3n) is 5.48. The van der Waals surface area contributed by atoms with Gasteiger partial charge in [0, 0.05) is 24.9 Å². The standard InChI is InChI=1S/C21H25NO3/c1-2-24-19-7-4-3-6-16(19)15-9-11-22(12-10-15)21(23)18-14-17(18)20-8-5-13-25-20/h3-8,13,15,17-18H,2,9-12,14H2,1H3/t17-,18+/m0/s1. The molecule has 2 fully saturated rings. The van der Waals surface area contributed by atoms with Crippen LogP contribution in [0.15, 0.2) is 47.1 Å². The number of piperidine rings is 1. The molecule has 2 aromatic rings. The number of carbonyl (C=O) groups is 1. The summed E-state index contributed by atoms with van der Waals surface area (Å²) in [4.78, 5) is 14.8. The van der Waals surface area contributed by atoms with Crippen LogP contribution in [0.2, 0.25) is 0 Å². The number of para-hydroxylation sites is 1. The maximum atomic E-state index is 12.7. The smallest absolute Gasteiger partial charge is 0.226 e. The third-order valence-corrected chi connectivity index (χ3v) is 5.48. The fourth-order valence-electron chi connectivity index (χ4n) is 4.03. The lowest BCUT2D eigenvalue weighted by atomic mass is 9.88. The summed E-state index contributed by atoms with van der Waals surface area (Å²) in [5.41, 5.74) is 1.29. The zero-order valence-corrected chi connectivity index (χ0v) is 14.7. The minimum atomic E-state index is 0.124. The predicted molar refractivity (Wildman–Crippen MR) is 95.7 cm³/mol. The van der Waals surface area contributed by atoms with Crippen molar-refractivity contribution in [3.8, 4) is 5.75 Å². The molecule has 25 heavy (non-hydrogen) atoms. The van der Waals surface area contributed by atoms with Crippen LogP contribution in [0.4, 0.5) is 0 Å². The monoisotopic (exact) mass is 339 g/mol. The molecule has 2 heterocycles. The number of hydrogen-bond acceptors (Lipinski definition) is 3. The lowest BCUT2D eigenvalue weighted by molar-refractivity contribution is -0.133. The topological polar surface area (TPSA) is 42.7 Å². The van der Waals surface area contributed by atoms with Crippen LogP contribution < -0.4 is 4.74 Å². The van der Waals surface area contributed by atoms with Gasteiger partial charge in [0.2, 0.25) is 5.91 Å². The van der Waals surface area contributed by atoms with Gasteiger partial charge in [0.15, 0.2) is 0 Å². The number of ether oxygens (including phenoxy) is 1. The number of furan rings is 1. The van der Waals surface area contributed by atoms with Gasteiger partial charge in [-0.2, -0.15) is 0 Å². The molecule has 0 spiro atoms. The first-order valence-electron chi connectivity index (χ1n) is 9.31. The van der Waals surface area contributed by atoms with E-state index in [2.05, 4.69) is 18.2 Å². The summed E-state index contributed by atoms with van der Waals surface area (Å²) in [6, 6.07) is 12.2. The molecule has 132 valence electrons. The molecule has 1 saturated carbocycles. The van der Waals surface area contributed by atoms with Crippen molar-refractivity contribution >= 4 is 5.91 Å². The van der Waals surface area contributed by atoms with Gasteiger partial charge in [-0.3, -0.25) is 4.79 Å². The van der Waals surface area contributed by atoms with E-state index in [9.17, 15) is 4.79 Å². The van der Waals surface area contributed by atoms with Crippen molar-refractivity contribution in [1.29, 1.82) is 0 Å². The summed E-state index contributed by atoms with van der Waals surface area (Å²) in [5.74, 6) is 3.15. The van der Waals surface area contributed by atoms with Crippen molar-refractivity contribution in [3.63, 3.8) is 0 Å². The highest BCUT2D eigenvalue weighted by Gasteiger charge is 2.47. The molecule has 1 aliphatic heterocycles. The average Bonchev–Trinajstić information content (AvgIpc) is 3.26. The minimum absolute atomic E-state index is 0.124. The van der Waals surface area contributed by atoms with Gasteiger partial charge in [0.1, 0.15) is 11.5 Å². The molecule has 4 nitrogen and oxygen atoms in total. The normalized spacial score (nSPS) is 23.5. The summed E-state index contributed by atoms with van der Waals surface area (Å²) in [5, 5.41) is 0. The fourth-order valence-corrected chi connectivity index (χ4v) is 4.03. The van der Waals surface area contributed by atoms with E-state index in [0.29, 0.717) is 24.3 Å². The number of carbonyl (C=O) groups excluding carboxylic acids is 1. The molecule has 1 amide bonds. The number of amides is 1. The lowest BCUT2D eigenvalue weighted by Crippen LogP contribution is -2.39. The molecule has 1 aliphatic carbocycles. The van der Waals surface area contributed by atoms with Crippen LogP contribution in [-0.2, 0) is 4.79 Å². The summed E-state index contributed by atoms with van der Waals surface area (Å²) in [7, 11) is 0. The zero-order chi connectivity index (χ0) is 17.2. The Kier molecular flexibility index (Phi) is 4.51. The predicted octanol–water partition coefficient (Wildman–Crippen LogP) is 4.19. The van der Waals surface area contributed by atoms with Crippen molar-refractivity contribution < 1.29 is 13.9 Å². The zero-order valence-electron chi connectivity index (χ0n) is 14.7. The van der Waals surface area contributed by atoms with Gasteiger partial charge in [-0.1, -0.05) is 18.2 Å². The fraction of sp³-hybridized carbons (Fsp3) is 0.476. The van der Waals surface area contributed by atoms with E-state index in [4.69, 9.17) is 9.15 Å². The van der Waals surface area contributed by atoms with E-state index in [1.165, 1.54) is 5.56 Å². The van der Waals surface area contributed by atoms with Crippen LogP contribution in [0.3, 0.4) is 0 Å². The molecule has 2 atom stereocenters. The van der Waals surface area contributed by atoms with Gasteiger partial charge in [-0.25, -0.2) is 0 Å².